The van der Waals surface area contributed by atoms with Gasteiger partial charge in [0.1, 0.15) is 0 Å². The van der Waals surface area contributed by atoms with Crippen LogP contribution >= 0.6 is 0 Å². The van der Waals surface area contributed by atoms with E-state index in [1.165, 1.54) is 0 Å². The Balaban J connectivity index is 1.39. The molecule has 4 unspecified atom stereocenters. The number of rotatable bonds is 4. The van der Waals surface area contributed by atoms with Gasteiger partial charge in [-0.3, -0.25) is 0 Å². The zero-order valence-electron chi connectivity index (χ0n) is 15.3. The van der Waals surface area contributed by atoms with Gasteiger partial charge in [0.05, 0.1) is 18.8 Å². The highest BCUT2D eigenvalue weighted by Gasteiger charge is 2.41. The first-order chi connectivity index (χ1) is 13.2. The van der Waals surface area contributed by atoms with Crippen molar-refractivity contribution in [3.8, 4) is 23.0 Å². The van der Waals surface area contributed by atoms with Gasteiger partial charge in [0.2, 0.25) is 13.6 Å². The van der Waals surface area contributed by atoms with Crippen molar-refractivity contribution >= 4 is 0 Å². The van der Waals surface area contributed by atoms with E-state index in [-0.39, 0.29) is 37.6 Å². The quantitative estimate of drug-likeness (QED) is 0.815. The molecule has 3 heterocycles. The highest BCUT2D eigenvalue weighted by molar-refractivity contribution is 5.46. The summed E-state index contributed by atoms with van der Waals surface area (Å²) in [6.07, 6.45) is -0.0790. The van der Waals surface area contributed by atoms with Gasteiger partial charge in [-0.1, -0.05) is 19.1 Å². The summed E-state index contributed by atoms with van der Waals surface area (Å²) < 4.78 is 33.9. The Morgan fingerprint density at radius 3 is 2.30 bits per heavy atom. The molecule has 1 saturated heterocycles. The molecule has 2 aromatic rings. The van der Waals surface area contributed by atoms with Gasteiger partial charge in [-0.2, -0.15) is 0 Å². The molecular weight excluding hydrogens is 348 g/mol. The Kier molecular flexibility index (Phi) is 4.10. The highest BCUT2D eigenvalue weighted by Crippen LogP contribution is 2.47. The molecule has 0 N–H and O–H groups in total. The number of hydrogen-bond acceptors (Lipinski definition) is 6. The summed E-state index contributed by atoms with van der Waals surface area (Å²) in [7, 11) is 1.75. The average Bonchev–Trinajstić information content (AvgIpc) is 3.41. The molecule has 0 bridgehead atoms. The Hall–Kier alpha value is -2.44. The lowest BCUT2D eigenvalue weighted by molar-refractivity contribution is 0.0351. The maximum Gasteiger partial charge on any atom is 0.231 e. The van der Waals surface area contributed by atoms with E-state index in [4.69, 9.17) is 28.4 Å². The van der Waals surface area contributed by atoms with Crippen molar-refractivity contribution in [3.05, 3.63) is 47.5 Å². The third-order valence-electron chi connectivity index (χ3n) is 5.71. The van der Waals surface area contributed by atoms with Crippen LogP contribution in [-0.2, 0) is 9.47 Å². The van der Waals surface area contributed by atoms with Crippen LogP contribution < -0.4 is 18.9 Å². The van der Waals surface area contributed by atoms with Crippen LogP contribution in [0.2, 0.25) is 0 Å². The molecule has 1 fully saturated rings. The van der Waals surface area contributed by atoms with Crippen LogP contribution in [0.15, 0.2) is 36.4 Å². The minimum atomic E-state index is -0.0755. The van der Waals surface area contributed by atoms with Crippen LogP contribution in [0.5, 0.6) is 23.0 Å². The van der Waals surface area contributed by atoms with Gasteiger partial charge in [0.15, 0.2) is 23.0 Å². The summed E-state index contributed by atoms with van der Waals surface area (Å²) in [5.41, 5.74) is 2.18. The molecule has 0 amide bonds. The lowest BCUT2D eigenvalue weighted by atomic mass is 9.83. The van der Waals surface area contributed by atoms with E-state index in [9.17, 15) is 0 Å². The van der Waals surface area contributed by atoms with E-state index in [1.54, 1.807) is 7.11 Å². The van der Waals surface area contributed by atoms with Crippen LogP contribution in [0.25, 0.3) is 0 Å². The molecule has 0 spiro atoms. The molecule has 0 aromatic heterocycles. The number of hydrogen-bond donors (Lipinski definition) is 0. The molecule has 0 saturated carbocycles. The predicted octanol–water partition coefficient (Wildman–Crippen LogP) is 3.86. The van der Waals surface area contributed by atoms with Crippen LogP contribution in [0.1, 0.15) is 30.3 Å². The molecule has 0 radical (unpaired) electrons. The second-order valence-corrected chi connectivity index (χ2v) is 7.16. The van der Waals surface area contributed by atoms with Crippen molar-refractivity contribution < 1.29 is 28.4 Å². The first-order valence-corrected chi connectivity index (χ1v) is 9.18. The summed E-state index contributed by atoms with van der Waals surface area (Å²) in [6.45, 7) is 3.39. The SMILES string of the molecule is COC(c1ccc2c(c1)OCO2)C1COC(c2ccc3c(c2)OCO3)C1C. The number of ether oxygens (including phenoxy) is 6. The average molecular weight is 370 g/mol. The second-order valence-electron chi connectivity index (χ2n) is 7.16. The summed E-state index contributed by atoms with van der Waals surface area (Å²) >= 11 is 0. The van der Waals surface area contributed by atoms with Crippen LogP contribution in [-0.4, -0.2) is 27.3 Å². The van der Waals surface area contributed by atoms with E-state index >= 15 is 0 Å². The van der Waals surface area contributed by atoms with E-state index in [0.29, 0.717) is 6.61 Å². The smallest absolute Gasteiger partial charge is 0.231 e. The number of methoxy groups -OCH3 is 1. The summed E-state index contributed by atoms with van der Waals surface area (Å²) in [6, 6.07) is 12.0. The zero-order chi connectivity index (χ0) is 18.4. The van der Waals surface area contributed by atoms with Gasteiger partial charge >= 0.3 is 0 Å². The summed E-state index contributed by atoms with van der Waals surface area (Å²) in [5.74, 6) is 3.63. The zero-order valence-corrected chi connectivity index (χ0v) is 15.3. The lowest BCUT2D eigenvalue weighted by Crippen LogP contribution is -2.21. The summed E-state index contributed by atoms with van der Waals surface area (Å²) in [5, 5.41) is 0. The largest absolute Gasteiger partial charge is 0.454 e. The molecule has 2 aromatic carbocycles. The first kappa shape index (κ1) is 16.7. The number of benzene rings is 2. The Labute approximate surface area is 157 Å². The third-order valence-corrected chi connectivity index (χ3v) is 5.71. The van der Waals surface area contributed by atoms with Crippen LogP contribution in [0, 0.1) is 11.8 Å². The van der Waals surface area contributed by atoms with Crippen LogP contribution in [0.3, 0.4) is 0 Å². The molecule has 3 aliphatic rings. The Morgan fingerprint density at radius 2 is 1.56 bits per heavy atom. The van der Waals surface area contributed by atoms with E-state index in [1.807, 2.05) is 30.3 Å². The molecule has 27 heavy (non-hydrogen) atoms. The van der Waals surface area contributed by atoms with E-state index in [2.05, 4.69) is 13.0 Å². The topological polar surface area (TPSA) is 55.4 Å². The summed E-state index contributed by atoms with van der Waals surface area (Å²) in [4.78, 5) is 0. The van der Waals surface area contributed by atoms with Gasteiger partial charge < -0.3 is 28.4 Å². The fourth-order valence-corrected chi connectivity index (χ4v) is 4.24. The number of fused-ring (bicyclic) bond motifs is 2. The van der Waals surface area contributed by atoms with Crippen molar-refractivity contribution in [1.29, 1.82) is 0 Å². The van der Waals surface area contributed by atoms with Crippen molar-refractivity contribution in [1.82, 2.24) is 0 Å². The fourth-order valence-electron chi connectivity index (χ4n) is 4.24. The normalized spacial score (nSPS) is 26.4. The maximum absolute atomic E-state index is 6.19. The molecule has 142 valence electrons. The van der Waals surface area contributed by atoms with Crippen molar-refractivity contribution in [2.24, 2.45) is 11.8 Å². The molecule has 3 aliphatic heterocycles. The van der Waals surface area contributed by atoms with Crippen molar-refractivity contribution in [3.63, 3.8) is 0 Å². The van der Waals surface area contributed by atoms with Gasteiger partial charge in [0.25, 0.3) is 0 Å². The molecule has 5 rings (SSSR count). The fraction of sp³-hybridized carbons (Fsp3) is 0.429. The second kappa shape index (κ2) is 6.62. The third kappa shape index (κ3) is 2.80. The monoisotopic (exact) mass is 370 g/mol. The van der Waals surface area contributed by atoms with Gasteiger partial charge in [0, 0.05) is 13.0 Å². The molecule has 6 heteroatoms. The minimum absolute atomic E-state index is 0.00356. The van der Waals surface area contributed by atoms with Gasteiger partial charge in [-0.15, -0.1) is 0 Å². The van der Waals surface area contributed by atoms with E-state index in [0.717, 1.165) is 34.1 Å². The van der Waals surface area contributed by atoms with E-state index < -0.39 is 0 Å². The maximum atomic E-state index is 6.19. The van der Waals surface area contributed by atoms with Crippen molar-refractivity contribution in [2.45, 2.75) is 19.1 Å². The predicted molar refractivity (Wildman–Crippen MR) is 96.2 cm³/mol. The Morgan fingerprint density at radius 1 is 0.889 bits per heavy atom. The van der Waals surface area contributed by atoms with Gasteiger partial charge in [-0.05, 0) is 41.3 Å². The minimum Gasteiger partial charge on any atom is -0.454 e. The molecular formula is C21H22O6. The highest BCUT2D eigenvalue weighted by atomic mass is 16.7. The molecule has 4 atom stereocenters. The van der Waals surface area contributed by atoms with Crippen LogP contribution in [0.4, 0.5) is 0 Å². The Bertz CT molecular complexity index is 851. The molecule has 6 nitrogen and oxygen atoms in total. The standard InChI is InChI=1S/C21H22O6/c1-12-15(21(22-2)14-4-6-17-19(8-14)27-11-25-17)9-23-20(12)13-3-5-16-18(7-13)26-10-24-16/h3-8,12,15,20-21H,9-11H2,1-2H3. The van der Waals surface area contributed by atoms with Gasteiger partial charge in [-0.25, -0.2) is 0 Å². The molecule has 0 aliphatic carbocycles. The first-order valence-electron chi connectivity index (χ1n) is 9.18. The van der Waals surface area contributed by atoms with Crippen molar-refractivity contribution in [2.75, 3.05) is 27.3 Å². The lowest BCUT2D eigenvalue weighted by Gasteiger charge is -2.26.